The highest BCUT2D eigenvalue weighted by Gasteiger charge is 2.34. The second-order valence-corrected chi connectivity index (χ2v) is 4.77. The van der Waals surface area contributed by atoms with Crippen molar-refractivity contribution in [2.75, 3.05) is 0 Å². The van der Waals surface area contributed by atoms with E-state index in [-0.39, 0.29) is 0 Å². The molecule has 24 heavy (non-hydrogen) atoms. The minimum atomic E-state index is -2.49. The van der Waals surface area contributed by atoms with E-state index in [1.165, 1.54) is 0 Å². The second-order valence-electron chi connectivity index (χ2n) is 4.77. The Bertz CT molecular complexity index is 899. The van der Waals surface area contributed by atoms with Crippen molar-refractivity contribution >= 4 is 5.83 Å². The van der Waals surface area contributed by atoms with Gasteiger partial charge >= 0.3 is 0 Å². The molecule has 0 atom stereocenters. The first kappa shape index (κ1) is 16.4. The Hall–Kier alpha value is -2.45. The molecule has 1 radical (unpaired) electrons. The van der Waals surface area contributed by atoms with Gasteiger partial charge in [0.15, 0.2) is 40.7 Å². The Balaban J connectivity index is 2.36. The van der Waals surface area contributed by atoms with Crippen LogP contribution in [-0.4, -0.2) is 0 Å². The van der Waals surface area contributed by atoms with Crippen molar-refractivity contribution in [2.24, 2.45) is 0 Å². The van der Waals surface area contributed by atoms with Gasteiger partial charge in [0.1, 0.15) is 5.83 Å². The summed E-state index contributed by atoms with van der Waals surface area (Å²) in [6.45, 7) is 0. The number of fused-ring (bicyclic) bond motifs is 1. The van der Waals surface area contributed by atoms with Gasteiger partial charge < -0.3 is 0 Å². The lowest BCUT2D eigenvalue weighted by molar-refractivity contribution is 0.380. The van der Waals surface area contributed by atoms with Crippen LogP contribution in [0.3, 0.4) is 0 Å². The predicted molar refractivity (Wildman–Crippen MR) is 64.1 cm³/mol. The van der Waals surface area contributed by atoms with E-state index in [1.807, 2.05) is 0 Å². The zero-order valence-corrected chi connectivity index (χ0v) is 11.1. The molecule has 0 spiro atoms. The molecule has 2 aromatic carbocycles. The molecule has 0 bridgehead atoms. The number of rotatable bonds is 1. The zero-order valence-electron chi connectivity index (χ0n) is 11.1. The van der Waals surface area contributed by atoms with Crippen LogP contribution in [0.25, 0.3) is 17.0 Å². The van der Waals surface area contributed by atoms with E-state index in [0.29, 0.717) is 12.5 Å². The molecular weight excluding hydrogens is 351 g/mol. The zero-order chi connectivity index (χ0) is 17.9. The van der Waals surface area contributed by atoms with Gasteiger partial charge in [-0.05, 0) is 11.6 Å². The summed E-state index contributed by atoms with van der Waals surface area (Å²) >= 11 is 0. The normalized spacial score (nSPS) is 13.7. The molecule has 1 aliphatic rings. The minimum absolute atomic E-state index is 0.387. The van der Waals surface area contributed by atoms with Crippen LogP contribution in [0.4, 0.5) is 39.5 Å². The van der Waals surface area contributed by atoms with E-state index in [9.17, 15) is 39.5 Å². The van der Waals surface area contributed by atoms with Crippen molar-refractivity contribution in [1.29, 1.82) is 0 Å². The maximum atomic E-state index is 14.0. The average Bonchev–Trinajstić information content (AvgIpc) is 2.83. The molecule has 0 amide bonds. The number of halogens is 9. The van der Waals surface area contributed by atoms with Crippen LogP contribution in [0, 0.1) is 47.1 Å². The topological polar surface area (TPSA) is 0 Å². The number of benzene rings is 2. The van der Waals surface area contributed by atoms with Crippen molar-refractivity contribution in [2.45, 2.75) is 0 Å². The summed E-state index contributed by atoms with van der Waals surface area (Å²) in [5.74, 6) is -19.5. The quantitative estimate of drug-likeness (QED) is 0.361. The third-order valence-electron chi connectivity index (χ3n) is 3.43. The standard InChI is InChI=1S/C15H2F9/c16-5-2-3-1-4(8(17)10(19)6(3)9(5)18)7-11(20)13(22)15(24)14(23)12(7)21/h1-2H. The highest BCUT2D eigenvalue weighted by Crippen LogP contribution is 2.43. The molecule has 0 saturated carbocycles. The van der Waals surface area contributed by atoms with Crippen molar-refractivity contribution < 1.29 is 39.5 Å². The number of hydrogen-bond donors (Lipinski definition) is 0. The molecule has 0 fully saturated rings. The molecule has 0 nitrogen and oxygen atoms in total. The van der Waals surface area contributed by atoms with E-state index in [4.69, 9.17) is 0 Å². The Morgan fingerprint density at radius 3 is 1.50 bits per heavy atom. The van der Waals surface area contributed by atoms with Gasteiger partial charge in [0.25, 0.3) is 0 Å². The van der Waals surface area contributed by atoms with Crippen molar-refractivity contribution in [1.82, 2.24) is 0 Å². The van der Waals surface area contributed by atoms with E-state index >= 15 is 0 Å². The lowest BCUT2D eigenvalue weighted by Gasteiger charge is -2.12. The fourth-order valence-electron chi connectivity index (χ4n) is 2.33. The van der Waals surface area contributed by atoms with E-state index in [0.717, 1.165) is 0 Å². The molecule has 125 valence electrons. The first-order chi connectivity index (χ1) is 11.2. The first-order valence-electron chi connectivity index (χ1n) is 6.11. The highest BCUT2D eigenvalue weighted by atomic mass is 19.2. The van der Waals surface area contributed by atoms with Gasteiger partial charge in [-0.15, -0.1) is 0 Å². The fourth-order valence-corrected chi connectivity index (χ4v) is 2.33. The molecule has 0 saturated heterocycles. The summed E-state index contributed by atoms with van der Waals surface area (Å²) in [5.41, 5.74) is -4.90. The molecule has 0 heterocycles. The van der Waals surface area contributed by atoms with E-state index in [1.54, 1.807) is 0 Å². The molecule has 1 aliphatic carbocycles. The summed E-state index contributed by atoms with van der Waals surface area (Å²) in [5, 5.41) is 0. The minimum Gasteiger partial charge on any atom is -0.208 e. The molecule has 0 N–H and O–H groups in total. The lowest BCUT2D eigenvalue weighted by atomic mass is 9.97. The van der Waals surface area contributed by atoms with Crippen LogP contribution in [-0.2, 0) is 0 Å². The summed E-state index contributed by atoms with van der Waals surface area (Å²) in [6, 6.07) is 0.387. The smallest absolute Gasteiger partial charge is 0.200 e. The Labute approximate surface area is 127 Å². The van der Waals surface area contributed by atoms with Gasteiger partial charge in [-0.1, -0.05) is 0 Å². The fraction of sp³-hybridized carbons (Fsp3) is 0. The predicted octanol–water partition coefficient (Wildman–Crippen LogP) is 5.50. The molecule has 3 rings (SSSR count). The Morgan fingerprint density at radius 1 is 0.500 bits per heavy atom. The van der Waals surface area contributed by atoms with Gasteiger partial charge in [-0.2, -0.15) is 0 Å². The summed E-state index contributed by atoms with van der Waals surface area (Å²) in [4.78, 5) is 0. The van der Waals surface area contributed by atoms with Gasteiger partial charge in [-0.25, -0.2) is 39.5 Å². The summed E-state index contributed by atoms with van der Waals surface area (Å²) in [7, 11) is 0. The van der Waals surface area contributed by atoms with Gasteiger partial charge in [0, 0.05) is 5.56 Å². The van der Waals surface area contributed by atoms with Crippen molar-refractivity contribution in [3.8, 4) is 11.1 Å². The summed E-state index contributed by atoms with van der Waals surface area (Å²) < 4.78 is 121. The van der Waals surface area contributed by atoms with E-state index in [2.05, 4.69) is 0 Å². The largest absolute Gasteiger partial charge is 0.208 e. The Morgan fingerprint density at radius 2 is 0.958 bits per heavy atom. The molecule has 0 aliphatic heterocycles. The van der Waals surface area contributed by atoms with Crippen LogP contribution < -0.4 is 0 Å². The first-order valence-corrected chi connectivity index (χ1v) is 6.11. The second kappa shape index (κ2) is 5.29. The maximum Gasteiger partial charge on any atom is 0.200 e. The Kier molecular flexibility index (Phi) is 3.61. The highest BCUT2D eigenvalue weighted by molar-refractivity contribution is 5.79. The lowest BCUT2D eigenvalue weighted by Crippen LogP contribution is -2.07. The molecule has 9 heteroatoms. The van der Waals surface area contributed by atoms with Crippen LogP contribution in [0.1, 0.15) is 11.1 Å². The molecule has 0 unspecified atom stereocenters. The van der Waals surface area contributed by atoms with Gasteiger partial charge in [0.05, 0.1) is 17.5 Å². The number of hydrogen-bond acceptors (Lipinski definition) is 0. The van der Waals surface area contributed by atoms with E-state index < -0.39 is 74.6 Å². The third-order valence-corrected chi connectivity index (χ3v) is 3.43. The van der Waals surface area contributed by atoms with Crippen molar-refractivity contribution in [3.63, 3.8) is 0 Å². The van der Waals surface area contributed by atoms with Gasteiger partial charge in [-0.3, -0.25) is 0 Å². The molecule has 2 aromatic rings. The average molecular weight is 353 g/mol. The van der Waals surface area contributed by atoms with Crippen LogP contribution in [0.5, 0.6) is 0 Å². The van der Waals surface area contributed by atoms with Gasteiger partial charge in [0.2, 0.25) is 5.82 Å². The SMILES string of the molecule is FC1=C(F)c2c(cc(-c3c(F)c(F)c(F)c(F)c3F)c(F)c2F)[CH]1. The van der Waals surface area contributed by atoms with Crippen molar-refractivity contribution in [3.05, 3.63) is 70.2 Å². The van der Waals surface area contributed by atoms with Crippen LogP contribution in [0.2, 0.25) is 0 Å². The molecule has 0 aromatic heterocycles. The summed E-state index contributed by atoms with van der Waals surface area (Å²) in [6.07, 6.45) is 0.392. The molecular formula is C15H2F9. The third kappa shape index (κ3) is 2.03. The number of allylic oxidation sites excluding steroid dienone is 1. The maximum absolute atomic E-state index is 14.0. The van der Waals surface area contributed by atoms with Crippen LogP contribution >= 0.6 is 0 Å². The van der Waals surface area contributed by atoms with Crippen LogP contribution in [0.15, 0.2) is 11.9 Å². The monoisotopic (exact) mass is 353 g/mol.